The molecule has 4 heteroatoms. The van der Waals surface area contributed by atoms with Crippen LogP contribution in [0.1, 0.15) is 46.5 Å². The van der Waals surface area contributed by atoms with Gasteiger partial charge in [0.15, 0.2) is 0 Å². The van der Waals surface area contributed by atoms with Crippen LogP contribution in [0.15, 0.2) is 0 Å². The highest BCUT2D eigenvalue weighted by atomic mass is 16.6. The third kappa shape index (κ3) is 2.00. The van der Waals surface area contributed by atoms with Gasteiger partial charge < -0.3 is 15.0 Å². The zero-order valence-corrected chi connectivity index (χ0v) is 11.6. The highest BCUT2D eigenvalue weighted by molar-refractivity contribution is 5.69. The molecule has 3 aliphatic heterocycles. The number of ether oxygens (including phenoxy) is 1. The molecule has 0 radical (unpaired) electrons. The summed E-state index contributed by atoms with van der Waals surface area (Å²) in [4.78, 5) is 14.4. The number of rotatable bonds is 0. The van der Waals surface area contributed by atoms with Crippen LogP contribution in [-0.4, -0.2) is 41.3 Å². The minimum absolute atomic E-state index is 0.0969. The predicted molar refractivity (Wildman–Crippen MR) is 69.4 cm³/mol. The molecule has 0 aromatic rings. The monoisotopic (exact) mass is 252 g/mol. The molecule has 1 N–H and O–H groups in total. The van der Waals surface area contributed by atoms with Crippen LogP contribution >= 0.6 is 0 Å². The maximum atomic E-state index is 12.3. The van der Waals surface area contributed by atoms with Crippen molar-refractivity contribution >= 4 is 6.09 Å². The van der Waals surface area contributed by atoms with Crippen molar-refractivity contribution in [2.45, 2.75) is 70.2 Å². The molecule has 4 nitrogen and oxygen atoms in total. The molecule has 0 aliphatic carbocycles. The van der Waals surface area contributed by atoms with E-state index in [9.17, 15) is 4.79 Å². The Morgan fingerprint density at radius 3 is 2.78 bits per heavy atom. The largest absolute Gasteiger partial charge is 0.444 e. The summed E-state index contributed by atoms with van der Waals surface area (Å²) in [6, 6.07) is 1.46. The van der Waals surface area contributed by atoms with Crippen LogP contribution < -0.4 is 5.32 Å². The average Bonchev–Trinajstić information content (AvgIpc) is 2.81. The van der Waals surface area contributed by atoms with Crippen LogP contribution in [-0.2, 0) is 4.74 Å². The quantitative estimate of drug-likeness (QED) is 0.718. The molecule has 4 atom stereocenters. The number of nitrogens with zero attached hydrogens (tertiary/aromatic N) is 1. The van der Waals surface area contributed by atoms with Crippen molar-refractivity contribution in [3.05, 3.63) is 0 Å². The van der Waals surface area contributed by atoms with Crippen molar-refractivity contribution in [1.29, 1.82) is 0 Å². The summed E-state index contributed by atoms with van der Waals surface area (Å²) in [5.74, 6) is 0.649. The Labute approximate surface area is 109 Å². The van der Waals surface area contributed by atoms with Gasteiger partial charge in [-0.3, -0.25) is 0 Å². The number of amides is 1. The first-order valence-electron chi connectivity index (χ1n) is 7.20. The summed E-state index contributed by atoms with van der Waals surface area (Å²) >= 11 is 0. The molecular formula is C14H24N2O2. The Morgan fingerprint density at radius 1 is 1.28 bits per heavy atom. The van der Waals surface area contributed by atoms with Gasteiger partial charge in [-0.2, -0.15) is 0 Å². The van der Waals surface area contributed by atoms with Crippen LogP contribution in [0.25, 0.3) is 0 Å². The van der Waals surface area contributed by atoms with Crippen LogP contribution in [0.5, 0.6) is 0 Å². The highest BCUT2D eigenvalue weighted by Gasteiger charge is 2.51. The van der Waals surface area contributed by atoms with Gasteiger partial charge in [0.1, 0.15) is 5.60 Å². The smallest absolute Gasteiger partial charge is 0.410 e. The van der Waals surface area contributed by atoms with Crippen molar-refractivity contribution in [2.75, 3.05) is 6.54 Å². The average molecular weight is 252 g/mol. The van der Waals surface area contributed by atoms with Gasteiger partial charge in [-0.15, -0.1) is 0 Å². The van der Waals surface area contributed by atoms with E-state index in [1.807, 2.05) is 20.8 Å². The third-order valence-corrected chi connectivity index (χ3v) is 4.57. The Morgan fingerprint density at radius 2 is 2.06 bits per heavy atom. The number of piperidine rings is 1. The summed E-state index contributed by atoms with van der Waals surface area (Å²) in [6.07, 6.45) is 4.54. The topological polar surface area (TPSA) is 41.6 Å². The van der Waals surface area contributed by atoms with Gasteiger partial charge in [-0.1, -0.05) is 0 Å². The van der Waals surface area contributed by atoms with Crippen molar-refractivity contribution < 1.29 is 9.53 Å². The van der Waals surface area contributed by atoms with Crippen molar-refractivity contribution in [3.63, 3.8) is 0 Å². The second-order valence-electron chi connectivity index (χ2n) is 6.93. The molecule has 3 saturated heterocycles. The van der Waals surface area contributed by atoms with Crippen LogP contribution in [0.2, 0.25) is 0 Å². The van der Waals surface area contributed by atoms with Crippen LogP contribution in [0.3, 0.4) is 0 Å². The number of fused-ring (bicyclic) bond motifs is 4. The summed E-state index contributed by atoms with van der Waals surface area (Å²) in [5.41, 5.74) is -0.388. The van der Waals surface area contributed by atoms with Gasteiger partial charge in [-0.05, 0) is 58.9 Å². The lowest BCUT2D eigenvalue weighted by Gasteiger charge is -2.42. The van der Waals surface area contributed by atoms with Crippen LogP contribution in [0, 0.1) is 5.92 Å². The number of carbonyl (C=O) groups is 1. The molecule has 2 bridgehead atoms. The Kier molecular flexibility index (Phi) is 2.81. The van der Waals surface area contributed by atoms with Gasteiger partial charge in [0.2, 0.25) is 0 Å². The lowest BCUT2D eigenvalue weighted by molar-refractivity contribution is -0.00298. The van der Waals surface area contributed by atoms with E-state index in [0.717, 1.165) is 25.8 Å². The molecule has 102 valence electrons. The van der Waals surface area contributed by atoms with Gasteiger partial charge in [0, 0.05) is 18.1 Å². The number of hydrogen-bond donors (Lipinski definition) is 1. The normalized spacial score (nSPS) is 38.7. The van der Waals surface area contributed by atoms with Gasteiger partial charge >= 0.3 is 6.09 Å². The van der Waals surface area contributed by atoms with E-state index in [4.69, 9.17) is 4.74 Å². The molecular weight excluding hydrogens is 228 g/mol. The summed E-state index contributed by atoms with van der Waals surface area (Å²) < 4.78 is 5.57. The molecule has 4 unspecified atom stereocenters. The summed E-state index contributed by atoms with van der Waals surface area (Å²) in [6.45, 7) is 6.94. The van der Waals surface area contributed by atoms with Gasteiger partial charge in [0.05, 0.1) is 0 Å². The van der Waals surface area contributed by atoms with Crippen molar-refractivity contribution in [1.82, 2.24) is 10.2 Å². The molecule has 0 aromatic carbocycles. The number of nitrogens with one attached hydrogen (secondary N) is 1. The minimum Gasteiger partial charge on any atom is -0.444 e. The number of carbonyl (C=O) groups excluding carboxylic acids is 1. The van der Waals surface area contributed by atoms with Crippen molar-refractivity contribution in [2.24, 2.45) is 5.92 Å². The van der Waals surface area contributed by atoms with E-state index in [-0.39, 0.29) is 11.7 Å². The van der Waals surface area contributed by atoms with E-state index in [1.165, 1.54) is 6.42 Å². The van der Waals surface area contributed by atoms with E-state index in [1.54, 1.807) is 0 Å². The lowest BCUT2D eigenvalue weighted by Crippen LogP contribution is -2.54. The van der Waals surface area contributed by atoms with Gasteiger partial charge in [-0.25, -0.2) is 4.79 Å². The van der Waals surface area contributed by atoms with Crippen LogP contribution in [0.4, 0.5) is 4.79 Å². The maximum absolute atomic E-state index is 12.3. The molecule has 3 rings (SSSR count). The standard InChI is InChI=1S/C14H24N2O2/c1-14(2,3)18-13(17)16-9-4-5-12(16)10-6-7-15-11(10)8-9/h9-12,15H,4-8H2,1-3H3. The lowest BCUT2D eigenvalue weighted by atomic mass is 9.86. The molecule has 3 aliphatic rings. The Hall–Kier alpha value is -0.770. The highest BCUT2D eigenvalue weighted by Crippen LogP contribution is 2.43. The summed E-state index contributed by atoms with van der Waals surface area (Å²) in [7, 11) is 0. The molecule has 0 spiro atoms. The fraction of sp³-hybridized carbons (Fsp3) is 0.929. The molecule has 1 amide bonds. The van der Waals surface area contributed by atoms with E-state index in [2.05, 4.69) is 10.2 Å². The second kappa shape index (κ2) is 4.12. The summed E-state index contributed by atoms with van der Waals surface area (Å²) in [5, 5.41) is 3.59. The van der Waals surface area contributed by atoms with E-state index >= 15 is 0 Å². The minimum atomic E-state index is -0.388. The van der Waals surface area contributed by atoms with E-state index < -0.39 is 0 Å². The maximum Gasteiger partial charge on any atom is 0.410 e. The molecule has 3 heterocycles. The molecule has 0 aromatic heterocycles. The molecule has 0 saturated carbocycles. The third-order valence-electron chi connectivity index (χ3n) is 4.57. The first kappa shape index (κ1) is 12.3. The molecule has 3 fully saturated rings. The zero-order chi connectivity index (χ0) is 12.9. The fourth-order valence-corrected chi connectivity index (χ4v) is 3.96. The fourth-order valence-electron chi connectivity index (χ4n) is 3.96. The van der Waals surface area contributed by atoms with E-state index in [0.29, 0.717) is 24.0 Å². The first-order chi connectivity index (χ1) is 8.46. The second-order valence-corrected chi connectivity index (χ2v) is 6.93. The number of hydrogen-bond acceptors (Lipinski definition) is 3. The zero-order valence-electron chi connectivity index (χ0n) is 11.6. The predicted octanol–water partition coefficient (Wildman–Crippen LogP) is 2.14. The molecule has 18 heavy (non-hydrogen) atoms. The SMILES string of the molecule is CC(C)(C)OC(=O)N1C2CCC1C1CCNC1C2. The van der Waals surface area contributed by atoms with Crippen molar-refractivity contribution in [3.8, 4) is 0 Å². The first-order valence-corrected chi connectivity index (χ1v) is 7.20. The Bertz CT molecular complexity index is 350. The Balaban J connectivity index is 1.75. The van der Waals surface area contributed by atoms with Gasteiger partial charge in [0.25, 0.3) is 0 Å².